The summed E-state index contributed by atoms with van der Waals surface area (Å²) in [5.41, 5.74) is 1.10. The van der Waals surface area contributed by atoms with Crippen LogP contribution in [0.4, 0.5) is 5.69 Å². The smallest absolute Gasteiger partial charge is 0.136 e. The van der Waals surface area contributed by atoms with Crippen LogP contribution >= 0.6 is 0 Å². The minimum atomic E-state index is 0.183. The minimum absolute atomic E-state index is 0.183. The van der Waals surface area contributed by atoms with Crippen LogP contribution in [0.2, 0.25) is 0 Å². The van der Waals surface area contributed by atoms with E-state index in [9.17, 15) is 0 Å². The molecular weight excluding hydrogens is 202 g/mol. The fourth-order valence-electron chi connectivity index (χ4n) is 1.47. The number of benzene rings is 1. The Morgan fingerprint density at radius 3 is 2.07 bits per heavy atom. The first-order valence-electron chi connectivity index (χ1n) is 4.92. The molecule has 0 aliphatic carbocycles. The summed E-state index contributed by atoms with van der Waals surface area (Å²) in [5, 5.41) is 4.52. The van der Waals surface area contributed by atoms with Crippen molar-refractivity contribution >= 4 is 21.1 Å². The van der Waals surface area contributed by atoms with E-state index in [1.54, 1.807) is 0 Å². The van der Waals surface area contributed by atoms with Gasteiger partial charge in [0.15, 0.2) is 0 Å². The third-order valence-electron chi connectivity index (χ3n) is 2.19. The van der Waals surface area contributed by atoms with Gasteiger partial charge in [0.25, 0.3) is 0 Å². The molecule has 4 heteroatoms. The van der Waals surface area contributed by atoms with E-state index in [-0.39, 0.29) is 6.29 Å². The Labute approximate surface area is 95.5 Å². The molecule has 81 valence electrons. The van der Waals surface area contributed by atoms with E-state index >= 15 is 0 Å². The third kappa shape index (κ3) is 3.34. The predicted octanol–water partition coefficient (Wildman–Crippen LogP) is 0.299. The molecule has 0 unspecified atom stereocenters. The highest BCUT2D eigenvalue weighted by Crippen LogP contribution is 2.06. The van der Waals surface area contributed by atoms with Crippen LogP contribution in [0.5, 0.6) is 0 Å². The molecule has 15 heavy (non-hydrogen) atoms. The van der Waals surface area contributed by atoms with Crippen molar-refractivity contribution in [2.24, 2.45) is 0 Å². The lowest BCUT2D eigenvalue weighted by Gasteiger charge is -2.32. The van der Waals surface area contributed by atoms with E-state index in [2.05, 4.69) is 31.4 Å². The molecule has 0 fully saturated rings. The summed E-state index contributed by atoms with van der Waals surface area (Å²) >= 11 is 0. The van der Waals surface area contributed by atoms with Crippen molar-refractivity contribution in [3.8, 4) is 0 Å². The molecule has 0 aliphatic heterocycles. The Kier molecular flexibility index (Phi) is 4.32. The van der Waals surface area contributed by atoms with E-state index in [1.165, 1.54) is 0 Å². The van der Waals surface area contributed by atoms with Crippen molar-refractivity contribution in [3.05, 3.63) is 24.3 Å². The standard InChI is InChI=1S/C11H18N3Si/c1-13(2)11(14(3)4)12-9-7-5-6-8-10(9)15/h5-8,11-12H,1-4H3. The fourth-order valence-corrected chi connectivity index (χ4v) is 1.72. The summed E-state index contributed by atoms with van der Waals surface area (Å²) in [5.74, 6) is 0. The van der Waals surface area contributed by atoms with Gasteiger partial charge in [-0.2, -0.15) is 0 Å². The first-order chi connectivity index (χ1) is 7.02. The van der Waals surface area contributed by atoms with Crippen LogP contribution in [-0.2, 0) is 0 Å². The molecule has 0 heterocycles. The van der Waals surface area contributed by atoms with Crippen LogP contribution in [0.1, 0.15) is 0 Å². The Morgan fingerprint density at radius 1 is 1.07 bits per heavy atom. The Morgan fingerprint density at radius 2 is 1.60 bits per heavy atom. The normalized spacial score (nSPS) is 11.5. The molecule has 0 saturated carbocycles. The SMILES string of the molecule is CN(C)C(Nc1ccccc1[Si])N(C)C. The summed E-state index contributed by atoms with van der Waals surface area (Å²) in [6.07, 6.45) is 0.183. The van der Waals surface area contributed by atoms with Gasteiger partial charge < -0.3 is 5.32 Å². The van der Waals surface area contributed by atoms with Gasteiger partial charge in [-0.25, -0.2) is 0 Å². The van der Waals surface area contributed by atoms with E-state index in [4.69, 9.17) is 0 Å². The second-order valence-corrected chi connectivity index (χ2v) is 4.53. The van der Waals surface area contributed by atoms with E-state index in [0.29, 0.717) is 0 Å². The van der Waals surface area contributed by atoms with Crippen LogP contribution in [0.15, 0.2) is 24.3 Å². The van der Waals surface area contributed by atoms with Gasteiger partial charge in [0.05, 0.1) is 10.2 Å². The maximum atomic E-state index is 3.58. The zero-order valence-electron chi connectivity index (χ0n) is 9.78. The van der Waals surface area contributed by atoms with Gasteiger partial charge in [0.1, 0.15) is 6.29 Å². The molecule has 0 atom stereocenters. The molecule has 0 spiro atoms. The lowest BCUT2D eigenvalue weighted by Crippen LogP contribution is -2.47. The number of rotatable bonds is 4. The average Bonchev–Trinajstić information content (AvgIpc) is 2.15. The lowest BCUT2D eigenvalue weighted by molar-refractivity contribution is 0.156. The molecule has 3 nitrogen and oxygen atoms in total. The molecule has 0 bridgehead atoms. The first kappa shape index (κ1) is 12.2. The highest BCUT2D eigenvalue weighted by atomic mass is 28.1. The number of nitrogens with zero attached hydrogens (tertiary/aromatic N) is 2. The maximum Gasteiger partial charge on any atom is 0.136 e. The monoisotopic (exact) mass is 220 g/mol. The molecule has 1 rings (SSSR count). The maximum absolute atomic E-state index is 3.58. The quantitative estimate of drug-likeness (QED) is 0.581. The second kappa shape index (κ2) is 5.30. The number of hydrogen-bond acceptors (Lipinski definition) is 3. The van der Waals surface area contributed by atoms with Crippen molar-refractivity contribution in [2.45, 2.75) is 6.29 Å². The summed E-state index contributed by atoms with van der Waals surface area (Å²) in [4.78, 5) is 4.25. The van der Waals surface area contributed by atoms with Gasteiger partial charge in [-0.3, -0.25) is 9.80 Å². The summed E-state index contributed by atoms with van der Waals surface area (Å²) in [6.45, 7) is 0. The summed E-state index contributed by atoms with van der Waals surface area (Å²) in [6, 6.07) is 8.12. The second-order valence-electron chi connectivity index (χ2n) is 3.99. The first-order valence-corrected chi connectivity index (χ1v) is 5.42. The molecular formula is C11H18N3Si. The predicted molar refractivity (Wildman–Crippen MR) is 66.6 cm³/mol. The number of para-hydroxylation sites is 1. The van der Waals surface area contributed by atoms with E-state index < -0.39 is 0 Å². The van der Waals surface area contributed by atoms with Crippen molar-refractivity contribution in [1.29, 1.82) is 0 Å². The van der Waals surface area contributed by atoms with E-state index in [0.717, 1.165) is 10.9 Å². The van der Waals surface area contributed by atoms with Crippen LogP contribution in [-0.4, -0.2) is 54.5 Å². The van der Waals surface area contributed by atoms with Crippen LogP contribution in [0.25, 0.3) is 0 Å². The molecule has 0 amide bonds. The lowest BCUT2D eigenvalue weighted by atomic mass is 10.3. The third-order valence-corrected chi connectivity index (χ3v) is 2.63. The van der Waals surface area contributed by atoms with Crippen LogP contribution in [0, 0.1) is 0 Å². The number of nitrogens with one attached hydrogen (secondary N) is 1. The van der Waals surface area contributed by atoms with Gasteiger partial charge >= 0.3 is 0 Å². The number of hydrogen-bond donors (Lipinski definition) is 1. The zero-order valence-corrected chi connectivity index (χ0v) is 10.8. The van der Waals surface area contributed by atoms with Crippen molar-refractivity contribution in [2.75, 3.05) is 33.5 Å². The topological polar surface area (TPSA) is 18.5 Å². The Bertz CT molecular complexity index is 304. The average molecular weight is 220 g/mol. The molecule has 3 radical (unpaired) electrons. The minimum Gasteiger partial charge on any atom is -0.357 e. The molecule has 1 aromatic rings. The Hall–Kier alpha value is -0.843. The highest BCUT2D eigenvalue weighted by molar-refractivity contribution is 6.35. The molecule has 0 saturated heterocycles. The summed E-state index contributed by atoms with van der Waals surface area (Å²) in [7, 11) is 11.8. The van der Waals surface area contributed by atoms with E-state index in [1.807, 2.05) is 46.4 Å². The molecule has 1 N–H and O–H groups in total. The fraction of sp³-hybridized carbons (Fsp3) is 0.455. The van der Waals surface area contributed by atoms with Gasteiger partial charge in [0, 0.05) is 5.69 Å². The Balaban J connectivity index is 2.79. The van der Waals surface area contributed by atoms with Gasteiger partial charge in [-0.05, 0) is 39.4 Å². The van der Waals surface area contributed by atoms with Crippen molar-refractivity contribution < 1.29 is 0 Å². The molecule has 1 aromatic carbocycles. The van der Waals surface area contributed by atoms with Gasteiger partial charge in [-0.1, -0.05) is 18.2 Å². The highest BCUT2D eigenvalue weighted by Gasteiger charge is 2.13. The number of anilines is 1. The summed E-state index contributed by atoms with van der Waals surface area (Å²) < 4.78 is 0. The molecule has 0 aromatic heterocycles. The van der Waals surface area contributed by atoms with Crippen LogP contribution in [0.3, 0.4) is 0 Å². The van der Waals surface area contributed by atoms with Crippen LogP contribution < -0.4 is 10.5 Å². The largest absolute Gasteiger partial charge is 0.357 e. The molecule has 0 aliphatic rings. The zero-order chi connectivity index (χ0) is 11.4. The van der Waals surface area contributed by atoms with Crippen molar-refractivity contribution in [1.82, 2.24) is 9.80 Å². The van der Waals surface area contributed by atoms with Gasteiger partial charge in [-0.15, -0.1) is 0 Å². The van der Waals surface area contributed by atoms with Gasteiger partial charge in [0.2, 0.25) is 0 Å². The van der Waals surface area contributed by atoms with Crippen molar-refractivity contribution in [3.63, 3.8) is 0 Å².